The van der Waals surface area contributed by atoms with Crippen molar-refractivity contribution in [2.75, 3.05) is 44.4 Å². The van der Waals surface area contributed by atoms with Crippen LogP contribution in [0.4, 0.5) is 5.69 Å². The Kier molecular flexibility index (Phi) is 6.17. The van der Waals surface area contributed by atoms with Gasteiger partial charge in [-0.05, 0) is 62.6 Å². The molecule has 0 unspecified atom stereocenters. The number of rotatable bonds is 7. The summed E-state index contributed by atoms with van der Waals surface area (Å²) in [7, 11) is 0. The van der Waals surface area contributed by atoms with Gasteiger partial charge in [-0.2, -0.15) is 0 Å². The Morgan fingerprint density at radius 3 is 2.43 bits per heavy atom. The van der Waals surface area contributed by atoms with Gasteiger partial charge >= 0.3 is 0 Å². The van der Waals surface area contributed by atoms with Gasteiger partial charge in [-0.25, -0.2) is 0 Å². The number of anilines is 1. The lowest BCUT2D eigenvalue weighted by molar-refractivity contribution is -0.126. The Hall–Kier alpha value is -1.75. The molecule has 0 atom stereocenters. The van der Waals surface area contributed by atoms with Crippen molar-refractivity contribution in [2.45, 2.75) is 57.8 Å². The molecule has 1 saturated heterocycles. The van der Waals surface area contributed by atoms with Crippen LogP contribution < -0.4 is 14.4 Å². The fourth-order valence-corrected chi connectivity index (χ4v) is 5.65. The second kappa shape index (κ2) is 9.17. The summed E-state index contributed by atoms with van der Waals surface area (Å²) in [5.41, 5.74) is 1.18. The van der Waals surface area contributed by atoms with Crippen LogP contribution in [0.2, 0.25) is 0 Å². The summed E-state index contributed by atoms with van der Waals surface area (Å²) < 4.78 is 11.2. The molecule has 0 bridgehead atoms. The summed E-state index contributed by atoms with van der Waals surface area (Å²) in [5.74, 6) is 4.33. The van der Waals surface area contributed by atoms with Gasteiger partial charge in [0.2, 0.25) is 6.79 Å². The topological polar surface area (TPSA) is 42.0 Å². The molecule has 1 aromatic rings. The molecule has 2 saturated carbocycles. The third kappa shape index (κ3) is 4.46. The number of carbonyl (C=O) groups is 1. The molecule has 0 radical (unpaired) electrons. The first-order valence-corrected chi connectivity index (χ1v) is 12.1. The average Bonchev–Trinajstić information content (AvgIpc) is 3.21. The van der Waals surface area contributed by atoms with E-state index in [9.17, 15) is 4.79 Å². The predicted molar refractivity (Wildman–Crippen MR) is 118 cm³/mol. The van der Waals surface area contributed by atoms with E-state index >= 15 is 0 Å². The summed E-state index contributed by atoms with van der Waals surface area (Å²) >= 11 is 0. The number of hydrogen-bond donors (Lipinski definition) is 0. The molecule has 2 aliphatic heterocycles. The lowest BCUT2D eigenvalue weighted by Gasteiger charge is -2.37. The number of ether oxygens (including phenoxy) is 2. The number of para-hydroxylation sites is 1. The summed E-state index contributed by atoms with van der Waals surface area (Å²) in [6.07, 6.45) is 11.0. The second-order valence-corrected chi connectivity index (χ2v) is 9.81. The van der Waals surface area contributed by atoms with Crippen molar-refractivity contribution in [2.24, 2.45) is 17.8 Å². The number of piperazine rings is 1. The molecule has 2 aliphatic carbocycles. The Balaban J connectivity index is 1.01. The van der Waals surface area contributed by atoms with Crippen LogP contribution in [0.25, 0.3) is 0 Å². The van der Waals surface area contributed by atoms with Gasteiger partial charge in [0.05, 0.1) is 5.69 Å². The van der Waals surface area contributed by atoms with Crippen molar-refractivity contribution in [3.63, 3.8) is 0 Å². The van der Waals surface area contributed by atoms with E-state index in [1.807, 2.05) is 6.07 Å². The molecule has 1 aromatic carbocycles. The van der Waals surface area contributed by atoms with Crippen molar-refractivity contribution in [3.05, 3.63) is 18.2 Å². The van der Waals surface area contributed by atoms with Crippen LogP contribution in [-0.2, 0) is 4.79 Å². The van der Waals surface area contributed by atoms with Crippen LogP contribution in [0.15, 0.2) is 18.2 Å². The molecule has 0 aromatic heterocycles. The number of hydrogen-bond acceptors (Lipinski definition) is 5. The summed E-state index contributed by atoms with van der Waals surface area (Å²) in [4.78, 5) is 17.3. The van der Waals surface area contributed by atoms with Crippen molar-refractivity contribution in [1.82, 2.24) is 4.90 Å². The van der Waals surface area contributed by atoms with Crippen LogP contribution in [0.5, 0.6) is 11.5 Å². The van der Waals surface area contributed by atoms with E-state index in [1.54, 1.807) is 0 Å². The van der Waals surface area contributed by atoms with Crippen molar-refractivity contribution in [3.8, 4) is 11.5 Å². The van der Waals surface area contributed by atoms with Gasteiger partial charge in [0.25, 0.3) is 0 Å². The number of fused-ring (bicyclic) bond motifs is 1. The first kappa shape index (κ1) is 20.2. The first-order chi connectivity index (χ1) is 14.8. The average molecular weight is 413 g/mol. The third-order valence-electron chi connectivity index (χ3n) is 7.96. The Bertz CT molecular complexity index is 732. The molecule has 164 valence electrons. The highest BCUT2D eigenvalue weighted by Gasteiger charge is 2.30. The standard InChI is InChI=1S/C25H36N2O3/c28-23(21-3-1-4-21)17-20-9-7-19(8-10-20)11-12-26-13-15-27(16-14-26)22-5-2-6-24-25(22)30-18-29-24/h2,5-6,19-21H,1,3-4,7-18H2. The van der Waals surface area contributed by atoms with Gasteiger partial charge in [0.1, 0.15) is 5.78 Å². The SMILES string of the molecule is O=C(CC1CCC(CCN2CCN(c3cccc4c3OCO4)CC2)CC1)C1CCC1. The highest BCUT2D eigenvalue weighted by Crippen LogP contribution is 2.41. The lowest BCUT2D eigenvalue weighted by Crippen LogP contribution is -2.47. The van der Waals surface area contributed by atoms with Crippen LogP contribution >= 0.6 is 0 Å². The molecular formula is C25H36N2O3. The Labute approximate surface area is 180 Å². The predicted octanol–water partition coefficient (Wildman–Crippen LogP) is 4.49. The number of carbonyl (C=O) groups excluding carboxylic acids is 1. The lowest BCUT2D eigenvalue weighted by atomic mass is 9.74. The zero-order valence-corrected chi connectivity index (χ0v) is 18.2. The largest absolute Gasteiger partial charge is 0.454 e. The normalized spacial score (nSPS) is 27.1. The number of benzene rings is 1. The zero-order valence-electron chi connectivity index (χ0n) is 18.2. The first-order valence-electron chi connectivity index (χ1n) is 12.1. The smallest absolute Gasteiger partial charge is 0.231 e. The Morgan fingerprint density at radius 1 is 0.933 bits per heavy atom. The van der Waals surface area contributed by atoms with Crippen molar-refractivity contribution < 1.29 is 14.3 Å². The van der Waals surface area contributed by atoms with E-state index in [4.69, 9.17) is 9.47 Å². The number of nitrogens with zero attached hydrogens (tertiary/aromatic N) is 2. The molecule has 5 nitrogen and oxygen atoms in total. The van der Waals surface area contributed by atoms with Gasteiger partial charge in [0.15, 0.2) is 11.5 Å². The molecule has 0 N–H and O–H groups in total. The van der Waals surface area contributed by atoms with Crippen molar-refractivity contribution >= 4 is 11.5 Å². The van der Waals surface area contributed by atoms with Gasteiger partial charge in [-0.1, -0.05) is 25.3 Å². The van der Waals surface area contributed by atoms with E-state index in [1.165, 1.54) is 50.8 Å². The van der Waals surface area contributed by atoms with Gasteiger partial charge < -0.3 is 14.4 Å². The van der Waals surface area contributed by atoms with E-state index in [0.717, 1.165) is 62.9 Å². The number of Topliss-reactive ketones (excluding diaryl/α,β-unsaturated/α-hetero) is 1. The summed E-state index contributed by atoms with van der Waals surface area (Å²) in [5, 5.41) is 0. The minimum atomic E-state index is 0.337. The van der Waals surface area contributed by atoms with E-state index in [0.29, 0.717) is 24.4 Å². The highest BCUT2D eigenvalue weighted by molar-refractivity contribution is 5.81. The molecule has 0 amide bonds. The van der Waals surface area contributed by atoms with E-state index in [2.05, 4.69) is 21.9 Å². The summed E-state index contributed by atoms with van der Waals surface area (Å²) in [6, 6.07) is 6.20. The van der Waals surface area contributed by atoms with Crippen LogP contribution in [0.1, 0.15) is 57.8 Å². The number of ketones is 1. The maximum atomic E-state index is 12.3. The molecule has 5 rings (SSSR count). The van der Waals surface area contributed by atoms with E-state index in [-0.39, 0.29) is 0 Å². The van der Waals surface area contributed by atoms with Gasteiger partial charge in [-0.3, -0.25) is 9.69 Å². The van der Waals surface area contributed by atoms with Crippen LogP contribution in [-0.4, -0.2) is 50.2 Å². The summed E-state index contributed by atoms with van der Waals surface area (Å²) in [6.45, 7) is 5.90. The minimum Gasteiger partial charge on any atom is -0.454 e. The van der Waals surface area contributed by atoms with Crippen LogP contribution in [0, 0.1) is 17.8 Å². The zero-order chi connectivity index (χ0) is 20.3. The highest BCUT2D eigenvalue weighted by atomic mass is 16.7. The molecule has 0 spiro atoms. The minimum absolute atomic E-state index is 0.337. The van der Waals surface area contributed by atoms with Crippen molar-refractivity contribution in [1.29, 1.82) is 0 Å². The quantitative estimate of drug-likeness (QED) is 0.660. The van der Waals surface area contributed by atoms with Gasteiger partial charge in [0, 0.05) is 38.5 Å². The maximum absolute atomic E-state index is 12.3. The van der Waals surface area contributed by atoms with Crippen LogP contribution in [0.3, 0.4) is 0 Å². The second-order valence-electron chi connectivity index (χ2n) is 9.81. The molecule has 3 fully saturated rings. The fraction of sp³-hybridized carbons (Fsp3) is 0.720. The molecule has 30 heavy (non-hydrogen) atoms. The molecule has 2 heterocycles. The molecular weight excluding hydrogens is 376 g/mol. The van der Waals surface area contributed by atoms with Gasteiger partial charge in [-0.15, -0.1) is 0 Å². The fourth-order valence-electron chi connectivity index (χ4n) is 5.65. The Morgan fingerprint density at radius 2 is 1.70 bits per heavy atom. The maximum Gasteiger partial charge on any atom is 0.231 e. The third-order valence-corrected chi connectivity index (χ3v) is 7.96. The molecule has 4 aliphatic rings. The molecule has 5 heteroatoms. The monoisotopic (exact) mass is 412 g/mol. The van der Waals surface area contributed by atoms with E-state index < -0.39 is 0 Å².